The van der Waals surface area contributed by atoms with Gasteiger partial charge in [0, 0.05) is 24.7 Å². The van der Waals surface area contributed by atoms with E-state index in [1.165, 1.54) is 12.3 Å². The summed E-state index contributed by atoms with van der Waals surface area (Å²) in [5.74, 6) is 0.243. The number of nitrogens with zero attached hydrogens (tertiary/aromatic N) is 3. The summed E-state index contributed by atoms with van der Waals surface area (Å²) in [5, 5.41) is 0. The average Bonchev–Trinajstić information content (AvgIpc) is 2.26. The van der Waals surface area contributed by atoms with Crippen LogP contribution in [0.4, 0.5) is 19.1 Å². The smallest absolute Gasteiger partial charge is 0.406 e. The number of ether oxygens (including phenoxy) is 1. The van der Waals surface area contributed by atoms with Gasteiger partial charge in [-0.2, -0.15) is 18.2 Å². The Morgan fingerprint density at radius 2 is 2.11 bits per heavy atom. The Morgan fingerprint density at radius 1 is 1.42 bits per heavy atom. The van der Waals surface area contributed by atoms with Crippen LogP contribution in [0.15, 0.2) is 12.3 Å². The molecule has 108 valence electrons. The second-order valence-electron chi connectivity index (χ2n) is 4.09. The van der Waals surface area contributed by atoms with Crippen LogP contribution in [0.25, 0.3) is 0 Å². The minimum Gasteiger partial charge on any atom is -0.475 e. The maximum atomic E-state index is 12.5. The second kappa shape index (κ2) is 6.79. The van der Waals surface area contributed by atoms with Crippen LogP contribution in [0.2, 0.25) is 0 Å². The molecule has 0 amide bonds. The average molecular weight is 298 g/mol. The monoisotopic (exact) mass is 297 g/mol. The second-order valence-corrected chi connectivity index (χ2v) is 4.47. The fourth-order valence-corrected chi connectivity index (χ4v) is 1.56. The van der Waals surface area contributed by atoms with E-state index < -0.39 is 12.7 Å². The van der Waals surface area contributed by atoms with E-state index in [0.29, 0.717) is 0 Å². The predicted octanol–water partition coefficient (Wildman–Crippen LogP) is 2.87. The van der Waals surface area contributed by atoms with Crippen molar-refractivity contribution < 1.29 is 17.9 Å². The van der Waals surface area contributed by atoms with E-state index in [1.54, 1.807) is 13.8 Å². The third-order valence-electron chi connectivity index (χ3n) is 1.98. The molecule has 1 aromatic rings. The summed E-state index contributed by atoms with van der Waals surface area (Å²) < 4.78 is 42.7. The van der Waals surface area contributed by atoms with Gasteiger partial charge in [0.15, 0.2) is 0 Å². The molecule has 1 heterocycles. The first kappa shape index (κ1) is 15.8. The lowest BCUT2D eigenvalue weighted by molar-refractivity contribution is -0.119. The zero-order chi connectivity index (χ0) is 14.5. The van der Waals surface area contributed by atoms with Gasteiger partial charge in [-0.15, -0.1) is 11.6 Å². The Bertz CT molecular complexity index is 401. The molecule has 0 atom stereocenters. The molecule has 0 fully saturated rings. The molecule has 1 rings (SSSR count). The highest BCUT2D eigenvalue weighted by molar-refractivity contribution is 6.18. The number of aromatic nitrogens is 2. The van der Waals surface area contributed by atoms with Crippen molar-refractivity contribution in [1.29, 1.82) is 0 Å². The van der Waals surface area contributed by atoms with Gasteiger partial charge in [0.05, 0.1) is 6.10 Å². The topological polar surface area (TPSA) is 38.2 Å². The zero-order valence-electron chi connectivity index (χ0n) is 10.6. The third-order valence-corrected chi connectivity index (χ3v) is 2.15. The fraction of sp³-hybridized carbons (Fsp3) is 0.636. The van der Waals surface area contributed by atoms with Crippen molar-refractivity contribution in [1.82, 2.24) is 9.97 Å². The lowest BCUT2D eigenvalue weighted by Gasteiger charge is -2.23. The minimum absolute atomic E-state index is 0.00615. The summed E-state index contributed by atoms with van der Waals surface area (Å²) in [6.45, 7) is 2.46. The normalized spacial score (nSPS) is 11.7. The molecule has 0 spiro atoms. The summed E-state index contributed by atoms with van der Waals surface area (Å²) in [5.41, 5.74) is 0. The van der Waals surface area contributed by atoms with Crippen LogP contribution >= 0.6 is 11.6 Å². The summed E-state index contributed by atoms with van der Waals surface area (Å²) >= 11 is 5.50. The van der Waals surface area contributed by atoms with Crippen LogP contribution in [0.5, 0.6) is 5.88 Å². The molecular weight excluding hydrogens is 283 g/mol. The Labute approximate surface area is 114 Å². The Kier molecular flexibility index (Phi) is 5.65. The first-order chi connectivity index (χ1) is 8.81. The Hall–Kier alpha value is -1.24. The Morgan fingerprint density at radius 3 is 2.63 bits per heavy atom. The molecule has 0 aliphatic carbocycles. The number of alkyl halides is 4. The first-order valence-electron chi connectivity index (χ1n) is 5.69. The van der Waals surface area contributed by atoms with E-state index in [-0.39, 0.29) is 30.4 Å². The van der Waals surface area contributed by atoms with Gasteiger partial charge in [-0.25, -0.2) is 4.98 Å². The summed E-state index contributed by atoms with van der Waals surface area (Å²) in [6, 6.07) is 1.50. The Balaban J connectivity index is 2.89. The number of halogens is 4. The van der Waals surface area contributed by atoms with Crippen molar-refractivity contribution in [3.05, 3.63) is 12.3 Å². The van der Waals surface area contributed by atoms with E-state index in [4.69, 9.17) is 16.3 Å². The molecule has 0 saturated carbocycles. The van der Waals surface area contributed by atoms with Crippen molar-refractivity contribution in [3.8, 4) is 5.88 Å². The lowest BCUT2D eigenvalue weighted by atomic mass is 10.4. The van der Waals surface area contributed by atoms with Crippen LogP contribution in [0.1, 0.15) is 13.8 Å². The van der Waals surface area contributed by atoms with Crippen LogP contribution in [0, 0.1) is 0 Å². The molecule has 8 heteroatoms. The molecule has 1 aromatic heterocycles. The van der Waals surface area contributed by atoms with Crippen LogP contribution < -0.4 is 9.64 Å². The quantitative estimate of drug-likeness (QED) is 0.757. The van der Waals surface area contributed by atoms with Gasteiger partial charge in [0.25, 0.3) is 0 Å². The highest BCUT2D eigenvalue weighted by atomic mass is 35.5. The molecular formula is C11H15ClF3N3O. The van der Waals surface area contributed by atoms with E-state index in [0.717, 1.165) is 4.90 Å². The molecule has 0 saturated heterocycles. The highest BCUT2D eigenvalue weighted by Gasteiger charge is 2.31. The molecule has 0 unspecified atom stereocenters. The maximum absolute atomic E-state index is 12.5. The van der Waals surface area contributed by atoms with Gasteiger partial charge in [-0.1, -0.05) is 0 Å². The molecule has 0 aliphatic heterocycles. The van der Waals surface area contributed by atoms with E-state index in [2.05, 4.69) is 9.97 Å². The van der Waals surface area contributed by atoms with Gasteiger partial charge < -0.3 is 9.64 Å². The molecule has 0 aromatic carbocycles. The van der Waals surface area contributed by atoms with Crippen LogP contribution in [0.3, 0.4) is 0 Å². The van der Waals surface area contributed by atoms with Gasteiger partial charge in [0.2, 0.25) is 11.8 Å². The first-order valence-corrected chi connectivity index (χ1v) is 6.22. The summed E-state index contributed by atoms with van der Waals surface area (Å²) in [4.78, 5) is 8.75. The number of hydrogen-bond donors (Lipinski definition) is 0. The largest absolute Gasteiger partial charge is 0.475 e. The van der Waals surface area contributed by atoms with Gasteiger partial charge in [-0.05, 0) is 13.8 Å². The van der Waals surface area contributed by atoms with Gasteiger partial charge >= 0.3 is 6.18 Å². The third kappa shape index (κ3) is 5.96. The van der Waals surface area contributed by atoms with E-state index >= 15 is 0 Å². The highest BCUT2D eigenvalue weighted by Crippen LogP contribution is 2.21. The molecule has 0 aliphatic rings. The predicted molar refractivity (Wildman–Crippen MR) is 66.8 cm³/mol. The molecule has 0 N–H and O–H groups in total. The zero-order valence-corrected chi connectivity index (χ0v) is 11.4. The molecule has 0 radical (unpaired) electrons. The van der Waals surface area contributed by atoms with E-state index in [9.17, 15) is 13.2 Å². The number of hydrogen-bond acceptors (Lipinski definition) is 4. The van der Waals surface area contributed by atoms with Crippen LogP contribution in [-0.2, 0) is 0 Å². The lowest BCUT2D eigenvalue weighted by Crippen LogP contribution is -2.36. The van der Waals surface area contributed by atoms with Crippen molar-refractivity contribution in [2.24, 2.45) is 0 Å². The van der Waals surface area contributed by atoms with Gasteiger partial charge in [-0.3, -0.25) is 0 Å². The minimum atomic E-state index is -4.34. The standard InChI is InChI=1S/C11H15ClF3N3O/c1-8(2)19-9-3-5-16-10(17-9)18(6-4-12)7-11(13,14)15/h3,5,8H,4,6-7H2,1-2H3. The molecule has 4 nitrogen and oxygen atoms in total. The van der Waals surface area contributed by atoms with Gasteiger partial charge in [0.1, 0.15) is 6.54 Å². The number of rotatable bonds is 6. The number of anilines is 1. The summed E-state index contributed by atoms with van der Waals surface area (Å²) in [7, 11) is 0. The van der Waals surface area contributed by atoms with Crippen molar-refractivity contribution in [2.45, 2.75) is 26.1 Å². The van der Waals surface area contributed by atoms with Crippen molar-refractivity contribution in [2.75, 3.05) is 23.9 Å². The SMILES string of the molecule is CC(C)Oc1ccnc(N(CCCl)CC(F)(F)F)n1. The molecule has 0 bridgehead atoms. The molecule has 19 heavy (non-hydrogen) atoms. The van der Waals surface area contributed by atoms with Crippen molar-refractivity contribution >= 4 is 17.5 Å². The summed E-state index contributed by atoms with van der Waals surface area (Å²) in [6.07, 6.45) is -3.10. The van der Waals surface area contributed by atoms with Crippen LogP contribution in [-0.4, -0.2) is 41.2 Å². The van der Waals surface area contributed by atoms with Crippen molar-refractivity contribution in [3.63, 3.8) is 0 Å². The maximum Gasteiger partial charge on any atom is 0.406 e. The fourth-order valence-electron chi connectivity index (χ4n) is 1.36. The van der Waals surface area contributed by atoms with E-state index in [1.807, 2.05) is 0 Å².